The summed E-state index contributed by atoms with van der Waals surface area (Å²) in [5.41, 5.74) is 0. The molecule has 5 heterocycles. The number of hydrogen-bond acceptors (Lipinski definition) is 0. The van der Waals surface area contributed by atoms with Gasteiger partial charge >= 0.3 is 0 Å². The lowest BCUT2D eigenvalue weighted by molar-refractivity contribution is -0.924. The first-order valence-electron chi connectivity index (χ1n) is 12.7. The van der Waals surface area contributed by atoms with Crippen molar-refractivity contribution in [3.05, 3.63) is 30.6 Å². The first-order chi connectivity index (χ1) is 14.4. The number of hydrogen-bond donors (Lipinski definition) is 0. The number of pyridine rings is 1. The molecule has 4 aliphatic heterocycles. The zero-order valence-corrected chi connectivity index (χ0v) is 23.0. The third-order valence-corrected chi connectivity index (χ3v) is 6.12. The fraction of sp³-hybridized carbons (Fsp3) is 0.821. The van der Waals surface area contributed by atoms with E-state index in [-0.39, 0.29) is 7.43 Å². The summed E-state index contributed by atoms with van der Waals surface area (Å²) in [5, 5.41) is 0. The highest BCUT2D eigenvalue weighted by molar-refractivity contribution is 4.83. The van der Waals surface area contributed by atoms with E-state index < -0.39 is 0 Å². The highest BCUT2D eigenvalue weighted by Gasteiger charge is 2.35. The quantitative estimate of drug-likeness (QED) is 0.384. The molecule has 1 aromatic rings. The molecule has 0 aliphatic carbocycles. The van der Waals surface area contributed by atoms with Crippen LogP contribution in [0.3, 0.4) is 0 Å². The van der Waals surface area contributed by atoms with Crippen molar-refractivity contribution in [3.63, 3.8) is 0 Å². The molecule has 0 unspecified atom stereocenters. The van der Waals surface area contributed by atoms with E-state index in [2.05, 4.69) is 49.3 Å². The Morgan fingerprint density at radius 3 is 1.25 bits per heavy atom. The van der Waals surface area contributed by atoms with Crippen LogP contribution in [0.5, 0.6) is 0 Å². The van der Waals surface area contributed by atoms with Crippen LogP contribution in [-0.2, 0) is 7.05 Å². The van der Waals surface area contributed by atoms with Crippen LogP contribution in [0.15, 0.2) is 30.6 Å². The third kappa shape index (κ3) is 18.6. The van der Waals surface area contributed by atoms with Gasteiger partial charge in [0.15, 0.2) is 12.4 Å². The fourth-order valence-electron chi connectivity index (χ4n) is 4.10. The van der Waals surface area contributed by atoms with Crippen LogP contribution < -0.4 is 4.57 Å². The Balaban J connectivity index is 0. The topological polar surface area (TPSA) is 3.88 Å². The van der Waals surface area contributed by atoms with Gasteiger partial charge in [-0.3, -0.25) is 0 Å². The van der Waals surface area contributed by atoms with E-state index in [1.165, 1.54) is 80.2 Å². The van der Waals surface area contributed by atoms with Crippen LogP contribution in [0.25, 0.3) is 0 Å². The molecule has 0 N–H and O–H groups in total. The largest absolute Gasteiger partial charge is 0.333 e. The molecule has 4 nitrogen and oxygen atoms in total. The number of piperidine rings is 4. The van der Waals surface area contributed by atoms with E-state index in [9.17, 15) is 0 Å². The van der Waals surface area contributed by atoms with Crippen molar-refractivity contribution in [2.75, 3.05) is 82.1 Å². The fourth-order valence-corrected chi connectivity index (χ4v) is 4.10. The summed E-state index contributed by atoms with van der Waals surface area (Å²) in [7, 11) is 17.5. The van der Waals surface area contributed by atoms with Crippen LogP contribution in [-0.4, -0.2) is 95.5 Å². The molecule has 1 aromatic heterocycles. The minimum atomic E-state index is 0. The summed E-state index contributed by atoms with van der Waals surface area (Å²) in [4.78, 5) is 0. The Labute approximate surface area is 203 Å². The zero-order chi connectivity index (χ0) is 24.0. The molecule has 4 heteroatoms. The summed E-state index contributed by atoms with van der Waals surface area (Å²) in [5.74, 6) is 1.12. The molecule has 4 aliphatic rings. The van der Waals surface area contributed by atoms with Gasteiger partial charge in [0.25, 0.3) is 0 Å². The average Bonchev–Trinajstić information content (AvgIpc) is 2.70. The smallest absolute Gasteiger partial charge is 0.168 e. The highest BCUT2D eigenvalue weighted by Crippen LogP contribution is 2.31. The minimum absolute atomic E-state index is 0. The second kappa shape index (κ2) is 16.6. The predicted molar refractivity (Wildman–Crippen MR) is 143 cm³/mol. The van der Waals surface area contributed by atoms with Gasteiger partial charge in [-0.2, -0.15) is 0 Å². The van der Waals surface area contributed by atoms with Crippen LogP contribution in [0.4, 0.5) is 0 Å². The van der Waals surface area contributed by atoms with Gasteiger partial charge in [-0.1, -0.05) is 27.3 Å². The average molecular weight is 455 g/mol. The van der Waals surface area contributed by atoms with Crippen molar-refractivity contribution in [2.24, 2.45) is 13.0 Å². The van der Waals surface area contributed by atoms with Crippen molar-refractivity contribution < 1.29 is 18.0 Å². The molecule has 2 bridgehead atoms. The lowest BCUT2D eigenvalue weighted by Gasteiger charge is -2.46. The Kier molecular flexibility index (Phi) is 17.2. The standard InChI is InChI=1S/C8H16N.C7H16N.C6H8N.C4H12N.C2H6.CH4/c1-9-5-2-8(3-6-9)4-7-9;1-8(2)6-4-3-5-7-8;1-7-5-3-2-4-6-7;1-5(2,3)4;1-2;/h8H,2-7H2,1H3;3-7H2,1-2H3;2-6H,1H3;1-4H3;1-2H3;1H4/q4*+1;;. The molecule has 0 amide bonds. The summed E-state index contributed by atoms with van der Waals surface area (Å²) < 4.78 is 5.64. The van der Waals surface area contributed by atoms with Crippen molar-refractivity contribution in [1.82, 2.24) is 0 Å². The predicted octanol–water partition coefficient (Wildman–Crippen LogP) is 4.99. The zero-order valence-electron chi connectivity index (χ0n) is 23.0. The highest BCUT2D eigenvalue weighted by atomic mass is 15.3. The molecule has 0 radical (unpaired) electrons. The SMILES string of the molecule is C.CC.C[N+](C)(C)C.C[N+]1(C)CCCCC1.C[N+]12CCC(CC1)CC2.C[n+]1ccccc1. The summed E-state index contributed by atoms with van der Waals surface area (Å²) in [6.07, 6.45) is 12.9. The molecule has 190 valence electrons. The molecular weight excluding hydrogens is 392 g/mol. The molecule has 4 saturated heterocycles. The number of quaternary nitrogens is 3. The summed E-state index contributed by atoms with van der Waals surface area (Å²) in [6.45, 7) is 11.2. The third-order valence-electron chi connectivity index (χ3n) is 6.12. The molecule has 0 saturated carbocycles. The Bertz CT molecular complexity index is 513. The Morgan fingerprint density at radius 1 is 0.688 bits per heavy atom. The van der Waals surface area contributed by atoms with Crippen LogP contribution in [0, 0.1) is 5.92 Å². The minimum Gasteiger partial charge on any atom is -0.333 e. The number of nitrogens with zero attached hydrogens (tertiary/aromatic N) is 4. The van der Waals surface area contributed by atoms with Crippen LogP contribution in [0.2, 0.25) is 0 Å². The van der Waals surface area contributed by atoms with Crippen LogP contribution >= 0.6 is 0 Å². The molecule has 4 fully saturated rings. The van der Waals surface area contributed by atoms with Gasteiger partial charge in [-0.15, -0.1) is 0 Å². The first-order valence-corrected chi connectivity index (χ1v) is 12.7. The lowest BCUT2D eigenvalue weighted by atomic mass is 9.86. The molecular formula is C28H62N4+4. The van der Waals surface area contributed by atoms with Gasteiger partial charge in [-0.05, 0) is 44.4 Å². The first kappa shape index (κ1) is 33.2. The van der Waals surface area contributed by atoms with Crippen molar-refractivity contribution in [2.45, 2.75) is 59.8 Å². The van der Waals surface area contributed by atoms with E-state index >= 15 is 0 Å². The monoisotopic (exact) mass is 454 g/mol. The maximum absolute atomic E-state index is 2.41. The second-order valence-corrected chi connectivity index (χ2v) is 11.7. The second-order valence-electron chi connectivity index (χ2n) is 11.7. The van der Waals surface area contributed by atoms with Gasteiger partial charge in [0.05, 0.1) is 82.1 Å². The van der Waals surface area contributed by atoms with Gasteiger partial charge in [-0.25, -0.2) is 4.57 Å². The number of fused-ring (bicyclic) bond motifs is 3. The maximum Gasteiger partial charge on any atom is 0.168 e. The van der Waals surface area contributed by atoms with Crippen molar-refractivity contribution in [3.8, 4) is 0 Å². The normalized spacial score (nSPS) is 24.9. The van der Waals surface area contributed by atoms with Crippen LogP contribution in [0.1, 0.15) is 59.8 Å². The Hall–Kier alpha value is -0.970. The van der Waals surface area contributed by atoms with E-state index in [1.54, 1.807) is 0 Å². The van der Waals surface area contributed by atoms with Crippen molar-refractivity contribution >= 4 is 0 Å². The van der Waals surface area contributed by atoms with E-state index in [1.807, 2.05) is 56.1 Å². The molecule has 5 rings (SSSR count). The number of rotatable bonds is 0. The number of aryl methyl sites for hydroxylation is 1. The van der Waals surface area contributed by atoms with Gasteiger partial charge < -0.3 is 13.4 Å². The maximum atomic E-state index is 2.41. The van der Waals surface area contributed by atoms with Crippen molar-refractivity contribution in [1.29, 1.82) is 0 Å². The van der Waals surface area contributed by atoms with E-state index in [0.717, 1.165) is 10.4 Å². The van der Waals surface area contributed by atoms with Gasteiger partial charge in [0.1, 0.15) is 7.05 Å². The summed E-state index contributed by atoms with van der Waals surface area (Å²) >= 11 is 0. The molecule has 0 atom stereocenters. The molecule has 0 aromatic carbocycles. The molecule has 32 heavy (non-hydrogen) atoms. The molecule has 0 spiro atoms. The van der Waals surface area contributed by atoms with E-state index in [4.69, 9.17) is 0 Å². The number of aromatic nitrogens is 1. The number of likely N-dealkylation sites (tertiary alicyclic amines) is 1. The van der Waals surface area contributed by atoms with E-state index in [0.29, 0.717) is 0 Å². The van der Waals surface area contributed by atoms with Gasteiger partial charge in [0, 0.05) is 12.1 Å². The summed E-state index contributed by atoms with van der Waals surface area (Å²) in [6, 6.07) is 6.00. The lowest BCUT2D eigenvalue weighted by Crippen LogP contribution is -2.55. The van der Waals surface area contributed by atoms with Gasteiger partial charge in [0.2, 0.25) is 0 Å². The Morgan fingerprint density at radius 2 is 1.06 bits per heavy atom.